The van der Waals surface area contributed by atoms with Gasteiger partial charge in [0.05, 0.1) is 23.1 Å². The summed E-state index contributed by atoms with van der Waals surface area (Å²) in [5.74, 6) is -0.230. The molecule has 0 atom stereocenters. The van der Waals surface area contributed by atoms with Gasteiger partial charge in [0.25, 0.3) is 15.9 Å². The van der Waals surface area contributed by atoms with Crippen molar-refractivity contribution in [3.05, 3.63) is 31.7 Å². The van der Waals surface area contributed by atoms with Gasteiger partial charge in [0, 0.05) is 13.1 Å². The maximum absolute atomic E-state index is 12.6. The second-order valence-electron chi connectivity index (χ2n) is 4.86. The Morgan fingerprint density at radius 2 is 2.00 bits per heavy atom. The van der Waals surface area contributed by atoms with Gasteiger partial charge in [0.2, 0.25) is 0 Å². The van der Waals surface area contributed by atoms with Crippen LogP contribution >= 0.6 is 45.9 Å². The van der Waals surface area contributed by atoms with E-state index in [1.54, 1.807) is 16.3 Å². The van der Waals surface area contributed by atoms with Crippen molar-refractivity contribution in [2.24, 2.45) is 0 Å². The molecule has 130 valence electrons. The summed E-state index contributed by atoms with van der Waals surface area (Å²) in [6, 6.07) is 2.89. The van der Waals surface area contributed by atoms with Crippen LogP contribution in [0.4, 0.5) is 5.00 Å². The quantitative estimate of drug-likeness (QED) is 0.812. The number of carbonyl (C=O) groups excluding carboxylic acids is 1. The molecule has 2 aromatic heterocycles. The molecule has 0 aliphatic carbocycles. The molecule has 11 heteroatoms. The van der Waals surface area contributed by atoms with Crippen molar-refractivity contribution < 1.29 is 17.9 Å². The number of hydrogen-bond donors (Lipinski definition) is 1. The van der Waals surface area contributed by atoms with E-state index in [0.717, 1.165) is 22.7 Å². The van der Waals surface area contributed by atoms with E-state index < -0.39 is 10.0 Å². The minimum Gasteiger partial charge on any atom is -0.378 e. The van der Waals surface area contributed by atoms with Gasteiger partial charge in [-0.05, 0) is 17.5 Å². The van der Waals surface area contributed by atoms with Crippen molar-refractivity contribution in [2.45, 2.75) is 4.90 Å². The van der Waals surface area contributed by atoms with Gasteiger partial charge in [0.15, 0.2) is 0 Å². The highest BCUT2D eigenvalue weighted by Gasteiger charge is 2.26. The summed E-state index contributed by atoms with van der Waals surface area (Å²) in [4.78, 5) is 14.1. The number of thiophene rings is 2. The molecule has 1 aliphatic heterocycles. The van der Waals surface area contributed by atoms with Crippen molar-refractivity contribution in [1.29, 1.82) is 0 Å². The van der Waals surface area contributed by atoms with E-state index >= 15 is 0 Å². The van der Waals surface area contributed by atoms with Crippen LogP contribution in [0.2, 0.25) is 8.67 Å². The summed E-state index contributed by atoms with van der Waals surface area (Å²) in [6.07, 6.45) is 0. The summed E-state index contributed by atoms with van der Waals surface area (Å²) in [5, 5.41) is 1.91. The lowest BCUT2D eigenvalue weighted by atomic mass is 10.2. The molecule has 0 radical (unpaired) electrons. The smallest absolute Gasteiger partial charge is 0.264 e. The van der Waals surface area contributed by atoms with Gasteiger partial charge in [-0.15, -0.1) is 22.7 Å². The van der Waals surface area contributed by atoms with Crippen LogP contribution in [-0.4, -0.2) is 45.5 Å². The number of ether oxygens (including phenoxy) is 1. The molecular weight excluding hydrogens is 415 g/mol. The monoisotopic (exact) mass is 426 g/mol. The zero-order valence-electron chi connectivity index (χ0n) is 12.1. The highest BCUT2D eigenvalue weighted by Crippen LogP contribution is 2.36. The molecule has 0 bridgehead atoms. The number of nitrogens with zero attached hydrogens (tertiary/aromatic N) is 1. The average molecular weight is 427 g/mol. The summed E-state index contributed by atoms with van der Waals surface area (Å²) in [5.41, 5.74) is 0.308. The van der Waals surface area contributed by atoms with Crippen molar-refractivity contribution >= 4 is 66.8 Å². The number of anilines is 1. The van der Waals surface area contributed by atoms with E-state index in [0.29, 0.717) is 31.9 Å². The first kappa shape index (κ1) is 18.0. The van der Waals surface area contributed by atoms with Crippen LogP contribution in [0.25, 0.3) is 0 Å². The maximum atomic E-state index is 12.6. The van der Waals surface area contributed by atoms with E-state index in [2.05, 4.69) is 4.72 Å². The molecule has 1 saturated heterocycles. The van der Waals surface area contributed by atoms with Crippen LogP contribution in [0.5, 0.6) is 0 Å². The Morgan fingerprint density at radius 1 is 1.29 bits per heavy atom. The number of carbonyl (C=O) groups is 1. The Kier molecular flexibility index (Phi) is 5.38. The Morgan fingerprint density at radius 3 is 2.62 bits per heavy atom. The van der Waals surface area contributed by atoms with Crippen LogP contribution in [0.15, 0.2) is 22.4 Å². The number of halogens is 2. The predicted molar refractivity (Wildman–Crippen MR) is 96.2 cm³/mol. The number of morpholine rings is 1. The topological polar surface area (TPSA) is 75.7 Å². The zero-order chi connectivity index (χ0) is 17.3. The second kappa shape index (κ2) is 7.19. The summed E-state index contributed by atoms with van der Waals surface area (Å²) in [7, 11) is -3.92. The molecule has 3 heterocycles. The minimum absolute atomic E-state index is 0.0742. The first-order valence-electron chi connectivity index (χ1n) is 6.80. The molecule has 3 rings (SSSR count). The standard InChI is InChI=1S/C13H12Cl2N2O4S3/c14-10-7-9(11(15)23-10)24(19,20)16-12-8(1-6-22-12)13(18)17-2-4-21-5-3-17/h1,6-7,16H,2-5H2. The molecule has 6 nitrogen and oxygen atoms in total. The summed E-state index contributed by atoms with van der Waals surface area (Å²) >= 11 is 13.8. The average Bonchev–Trinajstić information content (AvgIpc) is 3.13. The first-order chi connectivity index (χ1) is 11.4. The lowest BCUT2D eigenvalue weighted by Crippen LogP contribution is -2.40. The van der Waals surface area contributed by atoms with E-state index in [1.807, 2.05) is 0 Å². The van der Waals surface area contributed by atoms with Crippen LogP contribution < -0.4 is 4.72 Å². The van der Waals surface area contributed by atoms with Crippen molar-refractivity contribution in [1.82, 2.24) is 4.90 Å². The fourth-order valence-corrected chi connectivity index (χ4v) is 6.44. The molecule has 24 heavy (non-hydrogen) atoms. The Labute approximate surface area is 157 Å². The number of rotatable bonds is 4. The van der Waals surface area contributed by atoms with Gasteiger partial charge in [-0.1, -0.05) is 23.2 Å². The lowest BCUT2D eigenvalue weighted by Gasteiger charge is -2.26. The van der Waals surface area contributed by atoms with Gasteiger partial charge in [-0.2, -0.15) is 0 Å². The van der Waals surface area contributed by atoms with Crippen molar-refractivity contribution in [2.75, 3.05) is 31.0 Å². The molecule has 0 spiro atoms. The highest BCUT2D eigenvalue weighted by atomic mass is 35.5. The fraction of sp³-hybridized carbons (Fsp3) is 0.308. The van der Waals surface area contributed by atoms with Gasteiger partial charge in [0.1, 0.15) is 14.2 Å². The van der Waals surface area contributed by atoms with Gasteiger partial charge in [-0.25, -0.2) is 8.42 Å². The van der Waals surface area contributed by atoms with Crippen LogP contribution in [0, 0.1) is 0 Å². The zero-order valence-corrected chi connectivity index (χ0v) is 16.1. The maximum Gasteiger partial charge on any atom is 0.264 e. The summed E-state index contributed by atoms with van der Waals surface area (Å²) in [6.45, 7) is 1.90. The van der Waals surface area contributed by atoms with Crippen LogP contribution in [0.1, 0.15) is 10.4 Å². The minimum atomic E-state index is -3.92. The van der Waals surface area contributed by atoms with Gasteiger partial charge < -0.3 is 9.64 Å². The third-order valence-corrected chi connectivity index (χ3v) is 7.40. The van der Waals surface area contributed by atoms with Gasteiger partial charge >= 0.3 is 0 Å². The fourth-order valence-electron chi connectivity index (χ4n) is 2.18. The van der Waals surface area contributed by atoms with Crippen LogP contribution in [-0.2, 0) is 14.8 Å². The van der Waals surface area contributed by atoms with E-state index in [1.165, 1.54) is 6.07 Å². The molecule has 0 aromatic carbocycles. The number of sulfonamides is 1. The molecule has 0 saturated carbocycles. The largest absolute Gasteiger partial charge is 0.378 e. The summed E-state index contributed by atoms with van der Waals surface area (Å²) < 4.78 is 33.0. The predicted octanol–water partition coefficient (Wildman–Crippen LogP) is 3.39. The normalized spacial score (nSPS) is 15.5. The third kappa shape index (κ3) is 3.71. The first-order valence-corrected chi connectivity index (χ1v) is 10.7. The molecule has 0 unspecified atom stereocenters. The van der Waals surface area contributed by atoms with E-state index in [-0.39, 0.29) is 24.5 Å². The molecule has 1 aliphatic rings. The molecule has 1 amide bonds. The van der Waals surface area contributed by atoms with Crippen molar-refractivity contribution in [3.63, 3.8) is 0 Å². The third-order valence-electron chi connectivity index (χ3n) is 3.34. The number of hydrogen-bond acceptors (Lipinski definition) is 6. The molecule has 1 N–H and O–H groups in total. The molecular formula is C13H12Cl2N2O4S3. The second-order valence-corrected chi connectivity index (χ2v) is 9.71. The number of nitrogens with one attached hydrogen (secondary N) is 1. The molecule has 1 fully saturated rings. The Hall–Kier alpha value is -0.840. The van der Waals surface area contributed by atoms with E-state index in [9.17, 15) is 13.2 Å². The molecule has 2 aromatic rings. The van der Waals surface area contributed by atoms with Crippen molar-refractivity contribution in [3.8, 4) is 0 Å². The highest BCUT2D eigenvalue weighted by molar-refractivity contribution is 7.93. The SMILES string of the molecule is O=C(c1ccsc1NS(=O)(=O)c1cc(Cl)sc1Cl)N1CCOCC1. The van der Waals surface area contributed by atoms with Crippen LogP contribution in [0.3, 0.4) is 0 Å². The Balaban J connectivity index is 1.85. The Bertz CT molecular complexity index is 856. The van der Waals surface area contributed by atoms with Gasteiger partial charge in [-0.3, -0.25) is 9.52 Å². The number of amides is 1. The lowest BCUT2D eigenvalue weighted by molar-refractivity contribution is 0.0304. The van der Waals surface area contributed by atoms with E-state index in [4.69, 9.17) is 27.9 Å².